The van der Waals surface area contributed by atoms with Crippen LogP contribution < -0.4 is 10.9 Å². The lowest BCUT2D eigenvalue weighted by Gasteiger charge is -2.20. The summed E-state index contributed by atoms with van der Waals surface area (Å²) in [6, 6.07) is 7.17. The molecule has 0 radical (unpaired) electrons. The van der Waals surface area contributed by atoms with Gasteiger partial charge in [-0.05, 0) is 51.8 Å². The first-order valence-corrected chi connectivity index (χ1v) is 9.66. The Morgan fingerprint density at radius 1 is 1.32 bits per heavy atom. The maximum Gasteiger partial charge on any atom is 0.293 e. The Morgan fingerprint density at radius 2 is 2.07 bits per heavy atom. The molecule has 1 aliphatic rings. The van der Waals surface area contributed by atoms with E-state index < -0.39 is 0 Å². The average molecular weight is 400 g/mol. The second-order valence-corrected chi connectivity index (χ2v) is 8.66. The fraction of sp³-hybridized carbons (Fsp3) is 0.400. The second-order valence-electron chi connectivity index (χ2n) is 8.22. The minimum Gasteiger partial charge on any atom is -0.350 e. The molecule has 1 aliphatic carbocycles. The minimum absolute atomic E-state index is 0.132. The zero-order chi connectivity index (χ0) is 20.1. The molecule has 0 saturated heterocycles. The van der Waals surface area contributed by atoms with Crippen LogP contribution in [0.1, 0.15) is 45.2 Å². The summed E-state index contributed by atoms with van der Waals surface area (Å²) in [7, 11) is 0. The van der Waals surface area contributed by atoms with Gasteiger partial charge < -0.3 is 5.32 Å². The number of hydrogen-bond donors (Lipinski definition) is 1. The van der Waals surface area contributed by atoms with Crippen molar-refractivity contribution in [2.45, 2.75) is 51.6 Å². The molecule has 1 saturated carbocycles. The molecular weight excluding hydrogens is 378 g/mol. The van der Waals surface area contributed by atoms with Gasteiger partial charge in [-0.1, -0.05) is 17.7 Å². The molecule has 4 rings (SSSR count). The van der Waals surface area contributed by atoms with Gasteiger partial charge in [-0.15, -0.1) is 0 Å². The molecule has 28 heavy (non-hydrogen) atoms. The molecule has 8 heteroatoms. The van der Waals surface area contributed by atoms with Crippen molar-refractivity contribution >= 4 is 28.4 Å². The van der Waals surface area contributed by atoms with Crippen LogP contribution in [0.4, 0.5) is 0 Å². The molecule has 1 fully saturated rings. The van der Waals surface area contributed by atoms with E-state index >= 15 is 0 Å². The van der Waals surface area contributed by atoms with Crippen molar-refractivity contribution in [2.24, 2.45) is 0 Å². The van der Waals surface area contributed by atoms with Crippen molar-refractivity contribution in [2.75, 3.05) is 0 Å². The molecule has 0 spiro atoms. The molecule has 0 atom stereocenters. The molecule has 1 amide bonds. The highest BCUT2D eigenvalue weighted by molar-refractivity contribution is 6.30. The van der Waals surface area contributed by atoms with Gasteiger partial charge >= 0.3 is 0 Å². The van der Waals surface area contributed by atoms with E-state index in [1.54, 1.807) is 23.0 Å². The molecule has 146 valence electrons. The van der Waals surface area contributed by atoms with Crippen molar-refractivity contribution < 1.29 is 4.79 Å². The summed E-state index contributed by atoms with van der Waals surface area (Å²) in [4.78, 5) is 25.6. The van der Waals surface area contributed by atoms with E-state index in [-0.39, 0.29) is 23.6 Å². The van der Waals surface area contributed by atoms with Crippen LogP contribution in [-0.4, -0.2) is 31.0 Å². The predicted octanol–water partition coefficient (Wildman–Crippen LogP) is 3.03. The molecule has 7 nitrogen and oxygen atoms in total. The van der Waals surface area contributed by atoms with Crippen molar-refractivity contribution in [3.8, 4) is 5.69 Å². The fourth-order valence-corrected chi connectivity index (χ4v) is 3.44. The van der Waals surface area contributed by atoms with E-state index in [2.05, 4.69) is 15.5 Å². The van der Waals surface area contributed by atoms with Gasteiger partial charge in [-0.3, -0.25) is 9.59 Å². The maximum atomic E-state index is 13.2. The van der Waals surface area contributed by atoms with Crippen LogP contribution in [0.5, 0.6) is 0 Å². The number of carbonyl (C=O) groups is 1. The van der Waals surface area contributed by atoms with E-state index in [1.165, 1.54) is 4.68 Å². The number of aromatic nitrogens is 4. The highest BCUT2D eigenvalue weighted by atomic mass is 35.5. The SMILES string of the molecule is CC(C)(C)NC(=O)Cn1nc(C2CC2)c2cnn(-c3cccc(Cl)c3)c2c1=O. The van der Waals surface area contributed by atoms with Crippen LogP contribution in [0, 0.1) is 0 Å². The number of amides is 1. The molecule has 0 aliphatic heterocycles. The van der Waals surface area contributed by atoms with Crippen LogP contribution in [0.25, 0.3) is 16.6 Å². The Kier molecular flexibility index (Phi) is 4.50. The Labute approximate surface area is 167 Å². The number of fused-ring (bicyclic) bond motifs is 1. The van der Waals surface area contributed by atoms with E-state index in [0.29, 0.717) is 22.1 Å². The molecule has 2 aromatic heterocycles. The molecule has 2 heterocycles. The summed E-state index contributed by atoms with van der Waals surface area (Å²) in [6.45, 7) is 5.56. The van der Waals surface area contributed by atoms with E-state index in [1.807, 2.05) is 32.9 Å². The maximum absolute atomic E-state index is 13.2. The summed E-state index contributed by atoms with van der Waals surface area (Å²) in [5.74, 6) is 0.0501. The number of hydrogen-bond acceptors (Lipinski definition) is 4. The van der Waals surface area contributed by atoms with Gasteiger partial charge in [0.15, 0.2) is 0 Å². The normalized spacial score (nSPS) is 14.4. The smallest absolute Gasteiger partial charge is 0.293 e. The zero-order valence-electron chi connectivity index (χ0n) is 16.1. The van der Waals surface area contributed by atoms with Crippen LogP contribution in [0.15, 0.2) is 35.3 Å². The topological polar surface area (TPSA) is 81.8 Å². The van der Waals surface area contributed by atoms with Gasteiger partial charge in [0.05, 0.1) is 17.6 Å². The number of rotatable bonds is 4. The summed E-state index contributed by atoms with van der Waals surface area (Å²) >= 11 is 6.12. The van der Waals surface area contributed by atoms with Crippen LogP contribution in [0.2, 0.25) is 5.02 Å². The average Bonchev–Trinajstić information content (AvgIpc) is 3.33. The number of nitrogens with zero attached hydrogens (tertiary/aromatic N) is 4. The molecule has 1 aromatic carbocycles. The van der Waals surface area contributed by atoms with E-state index in [0.717, 1.165) is 23.9 Å². The standard InChI is InChI=1S/C20H22ClN5O2/c1-20(2,3)23-16(27)11-25-19(28)18-15(17(24-25)12-7-8-12)10-22-26(18)14-6-4-5-13(21)9-14/h4-6,9-10,12H,7-8,11H2,1-3H3,(H,23,27). The second kappa shape index (κ2) is 6.74. The molecule has 0 unspecified atom stereocenters. The zero-order valence-corrected chi connectivity index (χ0v) is 16.8. The Balaban J connectivity index is 1.85. The summed E-state index contributed by atoms with van der Waals surface area (Å²) in [6.07, 6.45) is 3.73. The Hall–Kier alpha value is -2.67. The summed E-state index contributed by atoms with van der Waals surface area (Å²) in [5.41, 5.74) is 1.21. The summed E-state index contributed by atoms with van der Waals surface area (Å²) in [5, 5.41) is 13.1. The Morgan fingerprint density at radius 3 is 2.71 bits per heavy atom. The monoisotopic (exact) mass is 399 g/mol. The van der Waals surface area contributed by atoms with Gasteiger partial charge in [-0.25, -0.2) is 9.36 Å². The lowest BCUT2D eigenvalue weighted by atomic mass is 10.1. The number of nitrogens with one attached hydrogen (secondary N) is 1. The third kappa shape index (κ3) is 3.67. The van der Waals surface area contributed by atoms with Crippen LogP contribution in [-0.2, 0) is 11.3 Å². The number of halogens is 1. The van der Waals surface area contributed by atoms with Crippen LogP contribution >= 0.6 is 11.6 Å². The lowest BCUT2D eigenvalue weighted by Crippen LogP contribution is -2.44. The van der Waals surface area contributed by atoms with Crippen LogP contribution in [0.3, 0.4) is 0 Å². The quantitative estimate of drug-likeness (QED) is 0.731. The fourth-order valence-electron chi connectivity index (χ4n) is 3.26. The van der Waals surface area contributed by atoms with Gasteiger partial charge in [0.2, 0.25) is 5.91 Å². The largest absolute Gasteiger partial charge is 0.350 e. The molecule has 0 bridgehead atoms. The Bertz CT molecular complexity index is 1120. The number of benzene rings is 1. The third-order valence-electron chi connectivity index (χ3n) is 4.54. The lowest BCUT2D eigenvalue weighted by molar-refractivity contribution is -0.123. The molecule has 3 aromatic rings. The first kappa shape index (κ1) is 18.7. The van der Waals surface area contributed by atoms with Gasteiger partial charge in [-0.2, -0.15) is 10.2 Å². The molecular formula is C20H22ClN5O2. The van der Waals surface area contributed by atoms with Crippen molar-refractivity contribution in [3.05, 3.63) is 51.5 Å². The van der Waals surface area contributed by atoms with Gasteiger partial charge in [0.25, 0.3) is 5.56 Å². The number of carbonyl (C=O) groups excluding carboxylic acids is 1. The van der Waals surface area contributed by atoms with E-state index in [9.17, 15) is 9.59 Å². The first-order chi connectivity index (χ1) is 13.2. The van der Waals surface area contributed by atoms with Crippen molar-refractivity contribution in [1.82, 2.24) is 24.9 Å². The predicted molar refractivity (Wildman–Crippen MR) is 108 cm³/mol. The summed E-state index contributed by atoms with van der Waals surface area (Å²) < 4.78 is 2.83. The molecule has 1 N–H and O–H groups in total. The third-order valence-corrected chi connectivity index (χ3v) is 4.77. The van der Waals surface area contributed by atoms with Crippen molar-refractivity contribution in [3.63, 3.8) is 0 Å². The highest BCUT2D eigenvalue weighted by Crippen LogP contribution is 2.41. The van der Waals surface area contributed by atoms with Gasteiger partial charge in [0, 0.05) is 21.9 Å². The minimum atomic E-state index is -0.382. The highest BCUT2D eigenvalue weighted by Gasteiger charge is 2.30. The first-order valence-electron chi connectivity index (χ1n) is 9.28. The van der Waals surface area contributed by atoms with Gasteiger partial charge in [0.1, 0.15) is 12.1 Å². The van der Waals surface area contributed by atoms with Crippen molar-refractivity contribution in [1.29, 1.82) is 0 Å². The van der Waals surface area contributed by atoms with E-state index in [4.69, 9.17) is 11.6 Å².